The molecule has 1 saturated heterocycles. The largest absolute Gasteiger partial charge is 0.376 e. The smallest absolute Gasteiger partial charge is 0.315 e. The fourth-order valence-electron chi connectivity index (χ4n) is 3.86. The molecular formula is C21H26FN5O3. The van der Waals surface area contributed by atoms with Crippen molar-refractivity contribution in [3.05, 3.63) is 52.6 Å². The van der Waals surface area contributed by atoms with Crippen molar-refractivity contribution in [1.82, 2.24) is 25.3 Å². The van der Waals surface area contributed by atoms with Crippen LogP contribution in [0.25, 0.3) is 0 Å². The van der Waals surface area contributed by atoms with Crippen LogP contribution in [0, 0.1) is 5.82 Å². The van der Waals surface area contributed by atoms with E-state index in [4.69, 9.17) is 4.74 Å². The van der Waals surface area contributed by atoms with Crippen LogP contribution in [-0.4, -0.2) is 52.9 Å². The molecule has 2 aliphatic heterocycles. The first-order valence-corrected chi connectivity index (χ1v) is 10.3. The molecule has 0 unspecified atom stereocenters. The van der Waals surface area contributed by atoms with E-state index in [1.165, 1.54) is 12.1 Å². The Bertz CT molecular complexity index is 906. The van der Waals surface area contributed by atoms with Gasteiger partial charge in [-0.1, -0.05) is 12.1 Å². The van der Waals surface area contributed by atoms with E-state index in [0.717, 1.165) is 42.8 Å². The van der Waals surface area contributed by atoms with Gasteiger partial charge in [-0.05, 0) is 30.5 Å². The standard InChI is InChI=1S/C21H26FN5O3/c22-16-5-3-15(4-6-16)13-24-21(29)23-8-11-27-18-7-12-30-14-17(18)19(25-27)20(28)26-9-1-2-10-26/h3-6H,1-2,7-14H2,(H2,23,24,29). The Morgan fingerprint density at radius 3 is 2.67 bits per heavy atom. The van der Waals surface area contributed by atoms with E-state index in [2.05, 4.69) is 15.7 Å². The molecule has 2 N–H and O–H groups in total. The summed E-state index contributed by atoms with van der Waals surface area (Å²) in [5.74, 6) is -0.336. The highest BCUT2D eigenvalue weighted by Gasteiger charge is 2.29. The number of benzene rings is 1. The molecule has 9 heteroatoms. The zero-order valence-electron chi connectivity index (χ0n) is 16.8. The molecule has 0 atom stereocenters. The average Bonchev–Trinajstić information content (AvgIpc) is 3.42. The Morgan fingerprint density at radius 2 is 1.90 bits per heavy atom. The predicted molar refractivity (Wildman–Crippen MR) is 107 cm³/mol. The minimum atomic E-state index is -0.308. The van der Waals surface area contributed by atoms with E-state index in [1.54, 1.807) is 12.1 Å². The molecule has 160 valence electrons. The number of carbonyl (C=O) groups excluding carboxylic acids is 2. The normalized spacial score (nSPS) is 15.7. The van der Waals surface area contributed by atoms with Gasteiger partial charge in [-0.2, -0.15) is 5.10 Å². The fourth-order valence-corrected chi connectivity index (χ4v) is 3.86. The van der Waals surface area contributed by atoms with Crippen LogP contribution in [0.5, 0.6) is 0 Å². The lowest BCUT2D eigenvalue weighted by Crippen LogP contribution is -2.37. The van der Waals surface area contributed by atoms with Crippen LogP contribution in [0.2, 0.25) is 0 Å². The van der Waals surface area contributed by atoms with Gasteiger partial charge in [0.25, 0.3) is 5.91 Å². The molecule has 1 aromatic carbocycles. The summed E-state index contributed by atoms with van der Waals surface area (Å²) in [6.07, 6.45) is 2.76. The topological polar surface area (TPSA) is 88.5 Å². The van der Waals surface area contributed by atoms with Gasteiger partial charge in [-0.3, -0.25) is 9.48 Å². The van der Waals surface area contributed by atoms with E-state index < -0.39 is 0 Å². The molecule has 0 bridgehead atoms. The lowest BCUT2D eigenvalue weighted by Gasteiger charge is -2.17. The second kappa shape index (κ2) is 9.25. The first kappa shape index (κ1) is 20.3. The van der Waals surface area contributed by atoms with Crippen LogP contribution >= 0.6 is 0 Å². The molecule has 2 aromatic rings. The molecule has 0 saturated carbocycles. The highest BCUT2D eigenvalue weighted by atomic mass is 19.1. The summed E-state index contributed by atoms with van der Waals surface area (Å²) < 4.78 is 20.3. The Hall–Kier alpha value is -2.94. The quantitative estimate of drug-likeness (QED) is 0.754. The lowest BCUT2D eigenvalue weighted by molar-refractivity contribution is 0.0772. The number of likely N-dealkylation sites (tertiary alicyclic amines) is 1. The van der Waals surface area contributed by atoms with Crippen molar-refractivity contribution < 1.29 is 18.7 Å². The summed E-state index contributed by atoms with van der Waals surface area (Å²) in [5, 5.41) is 10.1. The van der Waals surface area contributed by atoms with Crippen molar-refractivity contribution in [1.29, 1.82) is 0 Å². The maximum absolute atomic E-state index is 12.9. The van der Waals surface area contributed by atoms with Crippen LogP contribution in [0.1, 0.15) is 40.2 Å². The highest BCUT2D eigenvalue weighted by Crippen LogP contribution is 2.23. The summed E-state index contributed by atoms with van der Waals surface area (Å²) in [7, 11) is 0. The van der Waals surface area contributed by atoms with Gasteiger partial charge in [0, 0.05) is 43.9 Å². The Labute approximate surface area is 174 Å². The van der Waals surface area contributed by atoms with Gasteiger partial charge in [0.2, 0.25) is 0 Å². The number of ether oxygens (including phenoxy) is 1. The molecule has 30 heavy (non-hydrogen) atoms. The number of urea groups is 1. The number of nitrogens with one attached hydrogen (secondary N) is 2. The zero-order valence-corrected chi connectivity index (χ0v) is 16.8. The second-order valence-electron chi connectivity index (χ2n) is 7.53. The predicted octanol–water partition coefficient (Wildman–Crippen LogP) is 1.83. The third-order valence-electron chi connectivity index (χ3n) is 5.47. The van der Waals surface area contributed by atoms with Crippen LogP contribution < -0.4 is 10.6 Å². The fraction of sp³-hybridized carbons (Fsp3) is 0.476. The monoisotopic (exact) mass is 415 g/mol. The number of nitrogens with zero attached hydrogens (tertiary/aromatic N) is 3. The molecule has 1 fully saturated rings. The number of hydrogen-bond acceptors (Lipinski definition) is 4. The molecule has 0 aliphatic carbocycles. The number of amides is 3. The number of fused-ring (bicyclic) bond motifs is 1. The van der Waals surface area contributed by atoms with Crippen LogP contribution in [0.15, 0.2) is 24.3 Å². The number of carbonyl (C=O) groups is 2. The molecule has 3 amide bonds. The minimum Gasteiger partial charge on any atom is -0.376 e. The Kier molecular flexibility index (Phi) is 6.27. The Balaban J connectivity index is 1.33. The zero-order chi connectivity index (χ0) is 20.9. The maximum Gasteiger partial charge on any atom is 0.315 e. The van der Waals surface area contributed by atoms with Gasteiger partial charge in [0.1, 0.15) is 5.82 Å². The van der Waals surface area contributed by atoms with E-state index in [-0.39, 0.29) is 17.8 Å². The first-order chi connectivity index (χ1) is 14.6. The molecule has 0 radical (unpaired) electrons. The van der Waals surface area contributed by atoms with Gasteiger partial charge in [0.05, 0.1) is 19.8 Å². The molecule has 1 aromatic heterocycles. The number of rotatable bonds is 6. The number of halogens is 1. The third-order valence-corrected chi connectivity index (χ3v) is 5.47. The van der Waals surface area contributed by atoms with Gasteiger partial charge in [-0.15, -0.1) is 0 Å². The highest BCUT2D eigenvalue weighted by molar-refractivity contribution is 5.94. The van der Waals surface area contributed by atoms with Gasteiger partial charge in [0.15, 0.2) is 5.69 Å². The van der Waals surface area contributed by atoms with Crippen LogP contribution in [0.4, 0.5) is 9.18 Å². The van der Waals surface area contributed by atoms with Crippen molar-refractivity contribution in [2.75, 3.05) is 26.2 Å². The molecule has 0 spiro atoms. The summed E-state index contributed by atoms with van der Waals surface area (Å²) >= 11 is 0. The van der Waals surface area contributed by atoms with Crippen molar-refractivity contribution >= 4 is 11.9 Å². The van der Waals surface area contributed by atoms with E-state index in [1.807, 2.05) is 9.58 Å². The average molecular weight is 415 g/mol. The summed E-state index contributed by atoms with van der Waals surface area (Å²) in [6.45, 7) is 3.71. The maximum atomic E-state index is 12.9. The summed E-state index contributed by atoms with van der Waals surface area (Å²) in [5.41, 5.74) is 3.18. The van der Waals surface area contributed by atoms with Gasteiger partial charge < -0.3 is 20.3 Å². The number of aromatic nitrogens is 2. The van der Waals surface area contributed by atoms with E-state index in [9.17, 15) is 14.0 Å². The Morgan fingerprint density at radius 1 is 1.13 bits per heavy atom. The molecule has 4 rings (SSSR count). The van der Waals surface area contributed by atoms with Crippen molar-refractivity contribution in [2.24, 2.45) is 0 Å². The van der Waals surface area contributed by atoms with Crippen molar-refractivity contribution in [2.45, 2.75) is 39.0 Å². The molecule has 2 aliphatic rings. The van der Waals surface area contributed by atoms with Crippen LogP contribution in [-0.2, 0) is 30.9 Å². The van der Waals surface area contributed by atoms with Gasteiger partial charge in [-0.25, -0.2) is 9.18 Å². The summed E-state index contributed by atoms with van der Waals surface area (Å²) in [4.78, 5) is 26.7. The number of hydrogen-bond donors (Lipinski definition) is 2. The molecule has 3 heterocycles. The summed E-state index contributed by atoms with van der Waals surface area (Å²) in [6, 6.07) is 5.68. The van der Waals surface area contributed by atoms with Crippen molar-refractivity contribution in [3.63, 3.8) is 0 Å². The molecule has 8 nitrogen and oxygen atoms in total. The third kappa shape index (κ3) is 4.62. The van der Waals surface area contributed by atoms with E-state index >= 15 is 0 Å². The van der Waals surface area contributed by atoms with E-state index in [0.29, 0.717) is 45.0 Å². The minimum absolute atomic E-state index is 0.0296. The van der Waals surface area contributed by atoms with Crippen LogP contribution in [0.3, 0.4) is 0 Å². The van der Waals surface area contributed by atoms with Gasteiger partial charge >= 0.3 is 6.03 Å². The first-order valence-electron chi connectivity index (χ1n) is 10.3. The second-order valence-corrected chi connectivity index (χ2v) is 7.53. The SMILES string of the molecule is O=C(NCCn1nc(C(=O)N2CCCC2)c2c1CCOC2)NCc1ccc(F)cc1. The van der Waals surface area contributed by atoms with Crippen molar-refractivity contribution in [3.8, 4) is 0 Å². The lowest BCUT2D eigenvalue weighted by atomic mass is 10.1. The molecular weight excluding hydrogens is 389 g/mol.